The number of rotatable bonds is 6. The summed E-state index contributed by atoms with van der Waals surface area (Å²) >= 11 is 18.4. The molecule has 1 aromatic carbocycles. The molecular formula is C17H19Cl3N5O4P. The molecule has 0 fully saturated rings. The van der Waals surface area contributed by atoms with Crippen LogP contribution in [-0.2, 0) is 15.7 Å². The Morgan fingerprint density at radius 3 is 2.63 bits per heavy atom. The zero-order valence-corrected chi connectivity index (χ0v) is 19.0. The number of benzene rings is 1. The summed E-state index contributed by atoms with van der Waals surface area (Å²) in [5.41, 5.74) is 2.62. The molecule has 0 aliphatic heterocycles. The first-order valence-electron chi connectivity index (χ1n) is 8.40. The Morgan fingerprint density at radius 1 is 1.30 bits per heavy atom. The Labute approximate surface area is 190 Å². The third-order valence-corrected chi connectivity index (χ3v) is 4.82. The van der Waals surface area contributed by atoms with Gasteiger partial charge < -0.3 is 10.2 Å². The molecule has 1 atom stereocenters. The second-order valence-electron chi connectivity index (χ2n) is 5.89. The minimum absolute atomic E-state index is 0. The predicted molar refractivity (Wildman–Crippen MR) is 116 cm³/mol. The van der Waals surface area contributed by atoms with Crippen molar-refractivity contribution >= 4 is 48.9 Å². The molecule has 0 radical (unpaired) electrons. The molecule has 0 saturated carbocycles. The van der Waals surface area contributed by atoms with Gasteiger partial charge in [-0.2, -0.15) is 5.10 Å². The van der Waals surface area contributed by atoms with Crippen molar-refractivity contribution in [3.8, 4) is 5.69 Å². The van der Waals surface area contributed by atoms with Crippen LogP contribution in [0.3, 0.4) is 0 Å². The summed E-state index contributed by atoms with van der Waals surface area (Å²) in [7, 11) is -3.04. The van der Waals surface area contributed by atoms with Gasteiger partial charge in [-0.05, 0) is 48.6 Å². The largest absolute Gasteiger partial charge is 0.565 e. The van der Waals surface area contributed by atoms with Crippen LogP contribution in [0.1, 0.15) is 18.5 Å². The molecule has 9 nitrogen and oxygen atoms in total. The van der Waals surface area contributed by atoms with E-state index in [1.165, 1.54) is 0 Å². The average molecular weight is 495 g/mol. The lowest BCUT2D eigenvalue weighted by Crippen LogP contribution is -2.08. The van der Waals surface area contributed by atoms with E-state index in [4.69, 9.17) is 49.5 Å². The zero-order valence-electron chi connectivity index (χ0n) is 15.8. The van der Waals surface area contributed by atoms with Gasteiger partial charge in [0, 0.05) is 23.9 Å². The highest BCUT2D eigenvalue weighted by molar-refractivity contribution is 7.30. The van der Waals surface area contributed by atoms with Gasteiger partial charge in [0.05, 0.1) is 22.6 Å². The molecule has 3 aromatic rings. The number of hydrogen-bond acceptors (Lipinski definition) is 8. The van der Waals surface area contributed by atoms with E-state index in [1.54, 1.807) is 16.8 Å². The maximum Gasteiger partial charge on any atom is 0.521 e. The number of aryl methyl sites for hydroxylation is 2. The number of nitrogens with one attached hydrogen (secondary N) is 1. The van der Waals surface area contributed by atoms with Gasteiger partial charge in [-0.3, -0.25) is 0 Å². The van der Waals surface area contributed by atoms with E-state index in [-0.39, 0.29) is 1.43 Å². The average Bonchev–Trinajstić information content (AvgIpc) is 3.14. The van der Waals surface area contributed by atoms with Gasteiger partial charge in [-0.15, -0.1) is 0 Å². The van der Waals surface area contributed by atoms with Crippen molar-refractivity contribution in [3.05, 3.63) is 62.7 Å². The Balaban J connectivity index is 0.000000721. The van der Waals surface area contributed by atoms with Gasteiger partial charge >= 0.3 is 8.25 Å². The smallest absolute Gasteiger partial charge is 0.521 e. The Kier molecular flexibility index (Phi) is 9.38. The van der Waals surface area contributed by atoms with Gasteiger partial charge in [-0.25, -0.2) is 19.9 Å². The zero-order chi connectivity index (χ0) is 22.3. The molecule has 2 heterocycles. The summed E-state index contributed by atoms with van der Waals surface area (Å²) in [5.74, 6) is 1.34. The standard InChI is InChI=1S/C17H16Cl3N5.HO4P.H2/c1-10-16(20)17(24-11(2)23-10)21-6-5-12-8-22-25(9-12)15-4-3-13(18)7-14(15)19;1-4-5(2)3;/h3-4,7-9H,5-6H2,1-2H3,(H,21,23,24);1H;1H. The SMILES string of the molecule is Cc1nc(C)c(Cl)c(NCCc2cnn(-c3ccc(Cl)cc3Cl)c2)n1.O=[P+]([O-])OO.[HH]. The fourth-order valence-electron chi connectivity index (χ4n) is 2.43. The molecular weight excluding hydrogens is 476 g/mol. The third-order valence-electron chi connectivity index (χ3n) is 3.69. The predicted octanol–water partition coefficient (Wildman–Crippen LogP) is 4.63. The minimum atomic E-state index is -3.04. The quantitative estimate of drug-likeness (QED) is 0.288. The number of aromatic nitrogens is 4. The fourth-order valence-corrected chi connectivity index (χ4v) is 3.08. The Morgan fingerprint density at radius 2 is 2.00 bits per heavy atom. The monoisotopic (exact) mass is 493 g/mol. The summed E-state index contributed by atoms with van der Waals surface area (Å²) < 4.78 is 13.4. The van der Waals surface area contributed by atoms with Gasteiger partial charge in [0.1, 0.15) is 16.7 Å². The summed E-state index contributed by atoms with van der Waals surface area (Å²) in [6, 6.07) is 5.32. The first-order chi connectivity index (χ1) is 14.2. The number of nitrogens with zero attached hydrogens (tertiary/aromatic N) is 4. The van der Waals surface area contributed by atoms with Crippen LogP contribution in [0.15, 0.2) is 30.6 Å². The van der Waals surface area contributed by atoms with E-state index in [1.807, 2.05) is 32.3 Å². The van der Waals surface area contributed by atoms with Crippen molar-refractivity contribution in [3.63, 3.8) is 0 Å². The lowest BCUT2D eigenvalue weighted by Gasteiger charge is -2.09. The molecule has 162 valence electrons. The van der Waals surface area contributed by atoms with E-state index >= 15 is 0 Å². The highest BCUT2D eigenvalue weighted by Gasteiger charge is 2.09. The summed E-state index contributed by atoms with van der Waals surface area (Å²) in [6.45, 7) is 4.38. The van der Waals surface area contributed by atoms with Gasteiger partial charge in [-0.1, -0.05) is 34.8 Å². The Bertz CT molecular complexity index is 1040. The summed E-state index contributed by atoms with van der Waals surface area (Å²) in [5, 5.41) is 16.4. The normalized spacial score (nSPS) is 11.0. The van der Waals surface area contributed by atoms with Crippen LogP contribution in [0.25, 0.3) is 5.69 Å². The summed E-state index contributed by atoms with van der Waals surface area (Å²) in [6.07, 6.45) is 4.52. The molecule has 0 spiro atoms. The number of anilines is 1. The van der Waals surface area contributed by atoms with Crippen molar-refractivity contribution in [1.82, 2.24) is 19.7 Å². The van der Waals surface area contributed by atoms with E-state index in [0.717, 1.165) is 23.4 Å². The molecule has 0 bridgehead atoms. The van der Waals surface area contributed by atoms with Crippen LogP contribution in [0, 0.1) is 13.8 Å². The first-order valence-corrected chi connectivity index (χ1v) is 10.6. The third kappa shape index (κ3) is 7.14. The van der Waals surface area contributed by atoms with Crippen LogP contribution in [0.4, 0.5) is 5.82 Å². The van der Waals surface area contributed by atoms with Gasteiger partial charge in [0.25, 0.3) is 0 Å². The second kappa shape index (κ2) is 11.5. The van der Waals surface area contributed by atoms with Crippen LogP contribution < -0.4 is 10.2 Å². The van der Waals surface area contributed by atoms with Gasteiger partial charge in [0.15, 0.2) is 0 Å². The van der Waals surface area contributed by atoms with Crippen LogP contribution in [0.5, 0.6) is 0 Å². The molecule has 2 N–H and O–H groups in total. The number of hydrogen-bond donors (Lipinski definition) is 2. The highest BCUT2D eigenvalue weighted by Crippen LogP contribution is 2.24. The van der Waals surface area contributed by atoms with Crippen LogP contribution in [-0.4, -0.2) is 31.6 Å². The van der Waals surface area contributed by atoms with E-state index in [2.05, 4.69) is 25.1 Å². The van der Waals surface area contributed by atoms with Gasteiger partial charge in [0.2, 0.25) is 0 Å². The fraction of sp³-hybridized carbons (Fsp3) is 0.235. The molecule has 0 aliphatic rings. The van der Waals surface area contributed by atoms with E-state index in [9.17, 15) is 0 Å². The molecule has 2 aromatic heterocycles. The lowest BCUT2D eigenvalue weighted by molar-refractivity contribution is -0.244. The molecule has 0 amide bonds. The topological polar surface area (TPSA) is 125 Å². The molecule has 30 heavy (non-hydrogen) atoms. The van der Waals surface area contributed by atoms with Crippen LogP contribution >= 0.6 is 43.1 Å². The second-order valence-corrected chi connectivity index (χ2v) is 7.72. The summed E-state index contributed by atoms with van der Waals surface area (Å²) in [4.78, 5) is 17.5. The van der Waals surface area contributed by atoms with Crippen molar-refractivity contribution in [2.24, 2.45) is 0 Å². The molecule has 3 rings (SSSR count). The molecule has 1 unspecified atom stereocenters. The van der Waals surface area contributed by atoms with Crippen molar-refractivity contribution in [2.45, 2.75) is 20.3 Å². The number of halogens is 3. The van der Waals surface area contributed by atoms with Crippen LogP contribution in [0.2, 0.25) is 15.1 Å². The van der Waals surface area contributed by atoms with E-state index in [0.29, 0.717) is 33.3 Å². The maximum absolute atomic E-state index is 8.93. The lowest BCUT2D eigenvalue weighted by atomic mass is 10.2. The molecule has 13 heteroatoms. The molecule has 0 aliphatic carbocycles. The maximum atomic E-state index is 8.93. The van der Waals surface area contributed by atoms with Crippen molar-refractivity contribution in [2.75, 3.05) is 11.9 Å². The Hall–Kier alpha value is -1.84. The first kappa shape index (κ1) is 24.4. The van der Waals surface area contributed by atoms with Crippen molar-refractivity contribution in [1.29, 1.82) is 0 Å². The minimum Gasteiger partial charge on any atom is -0.565 e. The van der Waals surface area contributed by atoms with E-state index < -0.39 is 8.25 Å². The molecule has 0 saturated heterocycles. The van der Waals surface area contributed by atoms with Crippen molar-refractivity contribution < 1.29 is 20.8 Å². The highest BCUT2D eigenvalue weighted by atomic mass is 35.5.